The van der Waals surface area contributed by atoms with Crippen LogP contribution >= 0.6 is 11.6 Å². The van der Waals surface area contributed by atoms with Gasteiger partial charge in [-0.2, -0.15) is 15.2 Å². The number of nitrogens with two attached hydrogens (primary N) is 2. The third kappa shape index (κ3) is 3.75. The molecular weight excluding hydrogens is 437 g/mol. The molecule has 0 amide bonds. The lowest BCUT2D eigenvalue weighted by Gasteiger charge is -2.15. The van der Waals surface area contributed by atoms with Gasteiger partial charge in [-0.1, -0.05) is 11.6 Å². The number of fused-ring (bicyclic) bond motifs is 1. The predicted molar refractivity (Wildman–Crippen MR) is 118 cm³/mol. The van der Waals surface area contributed by atoms with Crippen LogP contribution in [0.4, 0.5) is 22.0 Å². The number of nitrogens with one attached hydrogen (secondary N) is 1. The number of aromatic nitrogens is 5. The topological polar surface area (TPSA) is 161 Å². The summed E-state index contributed by atoms with van der Waals surface area (Å²) in [7, 11) is 0. The van der Waals surface area contributed by atoms with Crippen molar-refractivity contribution in [1.82, 2.24) is 24.5 Å². The minimum Gasteiger partial charge on any atom is -0.382 e. The lowest BCUT2D eigenvalue weighted by Crippen LogP contribution is -2.26. The van der Waals surface area contributed by atoms with Gasteiger partial charge in [0.05, 0.1) is 27.8 Å². The van der Waals surface area contributed by atoms with Crippen LogP contribution in [0.3, 0.4) is 0 Å². The summed E-state index contributed by atoms with van der Waals surface area (Å²) in [6, 6.07) is 7.80. The van der Waals surface area contributed by atoms with E-state index in [0.717, 1.165) is 6.07 Å². The highest BCUT2D eigenvalue weighted by Crippen LogP contribution is 2.24. The maximum Gasteiger partial charge on any atom is 0.267 e. The van der Waals surface area contributed by atoms with E-state index in [2.05, 4.69) is 25.3 Å². The molecule has 0 aliphatic rings. The lowest BCUT2D eigenvalue weighted by molar-refractivity contribution is 0.629. The Bertz CT molecular complexity index is 1430. The zero-order valence-corrected chi connectivity index (χ0v) is 17.1. The summed E-state index contributed by atoms with van der Waals surface area (Å²) in [5.74, 6) is -0.321. The van der Waals surface area contributed by atoms with Crippen LogP contribution in [0.15, 0.2) is 41.5 Å². The Morgan fingerprint density at radius 3 is 2.75 bits per heavy atom. The Labute approximate surface area is 185 Å². The molecule has 0 aliphatic carbocycles. The highest BCUT2D eigenvalue weighted by atomic mass is 35.5. The van der Waals surface area contributed by atoms with Crippen LogP contribution < -0.4 is 22.3 Å². The van der Waals surface area contributed by atoms with Gasteiger partial charge in [-0.3, -0.25) is 14.3 Å². The number of nitrogen functional groups attached to an aromatic ring is 2. The Balaban J connectivity index is 1.77. The molecule has 0 unspecified atom stereocenters. The first-order valence-electron chi connectivity index (χ1n) is 9.27. The molecule has 0 fully saturated rings. The van der Waals surface area contributed by atoms with Crippen molar-refractivity contribution in [2.75, 3.05) is 23.3 Å². The van der Waals surface area contributed by atoms with Gasteiger partial charge in [-0.15, -0.1) is 0 Å². The minimum absolute atomic E-state index is 0.0321. The standard InChI is InChI=1S/C20H15ClFN9O/c21-16-12(22)3-4-13-15(16)19(32)31(10-2-1-6-26-9-10)14(28-13)5-7-27-18-11(8-23)17(24)29-20(25)30-18/h1-4,6,9H,5,7H2,(H5,24,25,27,29,30). The van der Waals surface area contributed by atoms with Gasteiger partial charge < -0.3 is 16.8 Å². The minimum atomic E-state index is -0.715. The number of nitriles is 1. The third-order valence-corrected chi connectivity index (χ3v) is 4.98. The van der Waals surface area contributed by atoms with Gasteiger partial charge in [0, 0.05) is 19.2 Å². The first kappa shape index (κ1) is 21.0. The van der Waals surface area contributed by atoms with Gasteiger partial charge in [0.2, 0.25) is 5.95 Å². The van der Waals surface area contributed by atoms with Crippen molar-refractivity contribution < 1.29 is 4.39 Å². The van der Waals surface area contributed by atoms with Crippen molar-refractivity contribution in [2.45, 2.75) is 6.42 Å². The van der Waals surface area contributed by atoms with E-state index in [1.165, 1.54) is 16.8 Å². The number of pyridine rings is 1. The molecule has 5 N–H and O–H groups in total. The fourth-order valence-electron chi connectivity index (χ4n) is 3.20. The molecule has 12 heteroatoms. The van der Waals surface area contributed by atoms with E-state index in [1.54, 1.807) is 18.3 Å². The quantitative estimate of drug-likeness (QED) is 0.412. The number of hydrogen-bond donors (Lipinski definition) is 3. The maximum absolute atomic E-state index is 14.0. The van der Waals surface area contributed by atoms with Crippen molar-refractivity contribution >= 4 is 40.1 Å². The smallest absolute Gasteiger partial charge is 0.267 e. The van der Waals surface area contributed by atoms with Crippen molar-refractivity contribution in [3.63, 3.8) is 0 Å². The highest BCUT2D eigenvalue weighted by molar-refractivity contribution is 6.35. The molecule has 0 saturated heterocycles. The Morgan fingerprint density at radius 1 is 1.22 bits per heavy atom. The first-order chi connectivity index (χ1) is 15.4. The van der Waals surface area contributed by atoms with Crippen LogP contribution in [0.25, 0.3) is 16.6 Å². The van der Waals surface area contributed by atoms with Gasteiger partial charge in [0.15, 0.2) is 5.82 Å². The van der Waals surface area contributed by atoms with E-state index in [-0.39, 0.29) is 52.0 Å². The average Bonchev–Trinajstić information content (AvgIpc) is 2.76. The summed E-state index contributed by atoms with van der Waals surface area (Å²) in [5.41, 5.74) is 11.6. The van der Waals surface area contributed by atoms with E-state index in [1.807, 2.05) is 6.07 Å². The Morgan fingerprint density at radius 2 is 2.03 bits per heavy atom. The molecule has 0 aliphatic heterocycles. The number of benzene rings is 1. The number of anilines is 3. The molecule has 1 aromatic carbocycles. The molecule has 0 atom stereocenters. The molecule has 4 rings (SSSR count). The van der Waals surface area contributed by atoms with E-state index in [4.69, 9.17) is 23.1 Å². The molecule has 160 valence electrons. The normalized spacial score (nSPS) is 10.8. The monoisotopic (exact) mass is 451 g/mol. The van der Waals surface area contributed by atoms with Crippen molar-refractivity contribution in [2.24, 2.45) is 0 Å². The molecular formula is C20H15ClFN9O. The Hall–Kier alpha value is -4.30. The van der Waals surface area contributed by atoms with Gasteiger partial charge >= 0.3 is 0 Å². The number of rotatable bonds is 5. The highest BCUT2D eigenvalue weighted by Gasteiger charge is 2.18. The summed E-state index contributed by atoms with van der Waals surface area (Å²) in [6.07, 6.45) is 3.27. The molecule has 0 radical (unpaired) electrons. The summed E-state index contributed by atoms with van der Waals surface area (Å²) < 4.78 is 15.3. The molecule has 0 spiro atoms. The average molecular weight is 452 g/mol. The van der Waals surface area contributed by atoms with Crippen LogP contribution in [0.1, 0.15) is 11.4 Å². The SMILES string of the molecule is N#Cc1c(N)nc(N)nc1NCCc1nc2ccc(F)c(Cl)c2c(=O)n1-c1cccnc1. The largest absolute Gasteiger partial charge is 0.382 e. The second-order valence-electron chi connectivity index (χ2n) is 6.61. The van der Waals surface area contributed by atoms with Gasteiger partial charge in [-0.25, -0.2) is 9.37 Å². The van der Waals surface area contributed by atoms with E-state index in [0.29, 0.717) is 11.5 Å². The van der Waals surface area contributed by atoms with Gasteiger partial charge in [-0.05, 0) is 24.3 Å². The van der Waals surface area contributed by atoms with Crippen molar-refractivity contribution in [3.05, 3.63) is 69.2 Å². The molecule has 32 heavy (non-hydrogen) atoms. The zero-order valence-electron chi connectivity index (χ0n) is 16.4. The molecule has 0 bridgehead atoms. The second kappa shape index (κ2) is 8.44. The molecule has 3 heterocycles. The fraction of sp³-hybridized carbons (Fsp3) is 0.100. The lowest BCUT2D eigenvalue weighted by atomic mass is 10.2. The van der Waals surface area contributed by atoms with Crippen LogP contribution in [0, 0.1) is 17.1 Å². The van der Waals surface area contributed by atoms with Crippen LogP contribution in [0.5, 0.6) is 0 Å². The van der Waals surface area contributed by atoms with Gasteiger partial charge in [0.1, 0.15) is 29.1 Å². The molecule has 4 aromatic rings. The number of nitrogens with zero attached hydrogens (tertiary/aromatic N) is 6. The molecule has 3 aromatic heterocycles. The molecule has 10 nitrogen and oxygen atoms in total. The van der Waals surface area contributed by atoms with Crippen LogP contribution in [-0.2, 0) is 6.42 Å². The van der Waals surface area contributed by atoms with Crippen molar-refractivity contribution in [1.29, 1.82) is 5.26 Å². The maximum atomic E-state index is 14.0. The first-order valence-corrected chi connectivity index (χ1v) is 9.65. The van der Waals surface area contributed by atoms with Crippen LogP contribution in [0.2, 0.25) is 5.02 Å². The van der Waals surface area contributed by atoms with Gasteiger partial charge in [0.25, 0.3) is 5.56 Å². The van der Waals surface area contributed by atoms with Crippen LogP contribution in [-0.4, -0.2) is 31.0 Å². The summed E-state index contributed by atoms with van der Waals surface area (Å²) in [4.78, 5) is 29.6. The van der Waals surface area contributed by atoms with E-state index >= 15 is 0 Å². The predicted octanol–water partition coefficient (Wildman–Crippen LogP) is 2.05. The zero-order chi connectivity index (χ0) is 22.8. The fourth-order valence-corrected chi connectivity index (χ4v) is 3.44. The van der Waals surface area contributed by atoms with E-state index in [9.17, 15) is 14.4 Å². The van der Waals surface area contributed by atoms with E-state index < -0.39 is 11.4 Å². The van der Waals surface area contributed by atoms with Crippen molar-refractivity contribution in [3.8, 4) is 11.8 Å². The number of hydrogen-bond acceptors (Lipinski definition) is 9. The third-order valence-electron chi connectivity index (χ3n) is 4.61. The molecule has 0 saturated carbocycles. The number of halogens is 2. The summed E-state index contributed by atoms with van der Waals surface area (Å²) >= 11 is 6.07. The summed E-state index contributed by atoms with van der Waals surface area (Å²) in [5, 5.41) is 11.9. The Kier molecular flexibility index (Phi) is 5.53. The summed E-state index contributed by atoms with van der Waals surface area (Å²) in [6.45, 7) is 0.220. The second-order valence-corrected chi connectivity index (χ2v) is 6.99.